The van der Waals surface area contributed by atoms with Gasteiger partial charge in [0.25, 0.3) is 0 Å². The summed E-state index contributed by atoms with van der Waals surface area (Å²) in [5.74, 6) is 1.24. The third-order valence-corrected chi connectivity index (χ3v) is 4.08. The minimum absolute atomic E-state index is 0.325. The normalized spacial score (nSPS) is 13.3. The van der Waals surface area contributed by atoms with Crippen molar-refractivity contribution in [2.24, 2.45) is 0 Å². The van der Waals surface area contributed by atoms with Gasteiger partial charge in [-0.15, -0.1) is 0 Å². The number of ether oxygens (including phenoxy) is 2. The minimum atomic E-state index is -0.325. The van der Waals surface area contributed by atoms with E-state index in [2.05, 4.69) is 22.0 Å². The average Bonchev–Trinajstić information content (AvgIpc) is 2.61. The second kappa shape index (κ2) is 7.34. The molecular formula is C19H22N2O3. The van der Waals surface area contributed by atoms with Crippen LogP contribution in [0.5, 0.6) is 5.75 Å². The maximum absolute atomic E-state index is 12.2. The van der Waals surface area contributed by atoms with E-state index >= 15 is 0 Å². The Hall–Kier alpha value is -2.56. The van der Waals surface area contributed by atoms with E-state index in [9.17, 15) is 4.79 Å². The molecule has 0 saturated carbocycles. The molecule has 1 aliphatic heterocycles. The van der Waals surface area contributed by atoms with Crippen molar-refractivity contribution in [3.05, 3.63) is 53.2 Å². The molecule has 1 aromatic carbocycles. The molecule has 126 valence electrons. The van der Waals surface area contributed by atoms with Gasteiger partial charge in [-0.05, 0) is 55.7 Å². The van der Waals surface area contributed by atoms with Crippen LogP contribution in [-0.4, -0.2) is 30.7 Å². The fraction of sp³-hybridized carbons (Fsp3) is 0.368. The zero-order valence-electron chi connectivity index (χ0n) is 14.1. The Morgan fingerprint density at radius 1 is 1.21 bits per heavy atom. The van der Waals surface area contributed by atoms with Crippen LogP contribution in [0.1, 0.15) is 35.3 Å². The van der Waals surface area contributed by atoms with Crippen LogP contribution in [0.4, 0.5) is 5.82 Å². The molecule has 0 saturated heterocycles. The molecule has 0 amide bonds. The second-order valence-corrected chi connectivity index (χ2v) is 5.63. The number of rotatable bonds is 5. The van der Waals surface area contributed by atoms with Crippen molar-refractivity contribution >= 4 is 11.8 Å². The second-order valence-electron chi connectivity index (χ2n) is 5.63. The number of hydrogen-bond donors (Lipinski definition) is 0. The molecule has 0 fully saturated rings. The molecule has 0 bridgehead atoms. The van der Waals surface area contributed by atoms with Crippen LogP contribution in [0.3, 0.4) is 0 Å². The predicted octanol–water partition coefficient (Wildman–Crippen LogP) is 3.22. The molecular weight excluding hydrogens is 304 g/mol. The summed E-state index contributed by atoms with van der Waals surface area (Å²) >= 11 is 0. The van der Waals surface area contributed by atoms with Crippen molar-refractivity contribution in [1.82, 2.24) is 4.98 Å². The third kappa shape index (κ3) is 3.35. The van der Waals surface area contributed by atoms with Gasteiger partial charge >= 0.3 is 5.97 Å². The van der Waals surface area contributed by atoms with Crippen molar-refractivity contribution < 1.29 is 14.3 Å². The van der Waals surface area contributed by atoms with E-state index in [0.29, 0.717) is 31.1 Å². The number of pyridine rings is 1. The highest BCUT2D eigenvalue weighted by Crippen LogP contribution is 2.28. The Morgan fingerprint density at radius 3 is 2.88 bits per heavy atom. The number of esters is 1. The molecule has 24 heavy (non-hydrogen) atoms. The number of nitrogens with zero attached hydrogens (tertiary/aromatic N) is 2. The van der Waals surface area contributed by atoms with E-state index in [1.54, 1.807) is 25.3 Å². The van der Waals surface area contributed by atoms with Gasteiger partial charge in [0.2, 0.25) is 0 Å². The molecule has 5 nitrogen and oxygen atoms in total. The summed E-state index contributed by atoms with van der Waals surface area (Å²) in [6.07, 6.45) is 2.63. The monoisotopic (exact) mass is 326 g/mol. The predicted molar refractivity (Wildman–Crippen MR) is 92.6 cm³/mol. The molecule has 2 aromatic rings. The Kier molecular flexibility index (Phi) is 4.99. The van der Waals surface area contributed by atoms with Gasteiger partial charge in [-0.1, -0.05) is 6.07 Å². The molecule has 1 aliphatic rings. The van der Waals surface area contributed by atoms with Crippen molar-refractivity contribution in [1.29, 1.82) is 0 Å². The summed E-state index contributed by atoms with van der Waals surface area (Å²) in [5.41, 5.74) is 3.06. The minimum Gasteiger partial charge on any atom is -0.494 e. The van der Waals surface area contributed by atoms with Gasteiger partial charge in [0, 0.05) is 19.3 Å². The first-order valence-corrected chi connectivity index (χ1v) is 8.34. The summed E-state index contributed by atoms with van der Waals surface area (Å²) < 4.78 is 10.8. The fourth-order valence-electron chi connectivity index (χ4n) is 2.99. The van der Waals surface area contributed by atoms with E-state index in [0.717, 1.165) is 18.7 Å². The Balaban J connectivity index is 1.87. The largest absolute Gasteiger partial charge is 0.494 e. The lowest BCUT2D eigenvalue weighted by atomic mass is 9.99. The zero-order chi connectivity index (χ0) is 16.9. The number of hydrogen-bond acceptors (Lipinski definition) is 5. The summed E-state index contributed by atoms with van der Waals surface area (Å²) in [6, 6.07) is 9.76. The molecule has 3 rings (SSSR count). The van der Waals surface area contributed by atoms with E-state index < -0.39 is 0 Å². The molecule has 0 radical (unpaired) electrons. The average molecular weight is 326 g/mol. The number of benzene rings is 1. The van der Waals surface area contributed by atoms with Crippen LogP contribution in [0.2, 0.25) is 0 Å². The van der Waals surface area contributed by atoms with Gasteiger partial charge in [0.15, 0.2) is 0 Å². The highest BCUT2D eigenvalue weighted by molar-refractivity contribution is 5.94. The first kappa shape index (κ1) is 16.3. The third-order valence-electron chi connectivity index (χ3n) is 4.08. The zero-order valence-corrected chi connectivity index (χ0v) is 14.1. The van der Waals surface area contributed by atoms with E-state index in [1.165, 1.54) is 11.1 Å². The maximum Gasteiger partial charge on any atom is 0.341 e. The Labute approximate surface area is 142 Å². The number of fused-ring (bicyclic) bond motifs is 1. The highest BCUT2D eigenvalue weighted by Gasteiger charge is 2.23. The molecule has 1 aromatic heterocycles. The van der Waals surface area contributed by atoms with E-state index in [1.807, 2.05) is 13.0 Å². The summed E-state index contributed by atoms with van der Waals surface area (Å²) in [5, 5.41) is 0. The maximum atomic E-state index is 12.2. The van der Waals surface area contributed by atoms with Crippen molar-refractivity contribution in [3.8, 4) is 5.75 Å². The topological polar surface area (TPSA) is 51.7 Å². The number of aromatic nitrogens is 1. The number of carbonyl (C=O) groups is 1. The van der Waals surface area contributed by atoms with Crippen LogP contribution in [0.25, 0.3) is 0 Å². The van der Waals surface area contributed by atoms with E-state index in [4.69, 9.17) is 9.47 Å². The fourth-order valence-corrected chi connectivity index (χ4v) is 2.99. The van der Waals surface area contributed by atoms with Gasteiger partial charge in [0.05, 0.1) is 13.2 Å². The van der Waals surface area contributed by atoms with Gasteiger partial charge in [-0.25, -0.2) is 9.78 Å². The first-order chi connectivity index (χ1) is 11.7. The molecule has 0 unspecified atom stereocenters. The van der Waals surface area contributed by atoms with Gasteiger partial charge in [-0.2, -0.15) is 0 Å². The molecule has 2 heterocycles. The molecule has 0 aliphatic carbocycles. The Bertz CT molecular complexity index is 730. The van der Waals surface area contributed by atoms with Crippen LogP contribution in [0.15, 0.2) is 36.5 Å². The number of carbonyl (C=O) groups excluding carboxylic acids is 1. The molecule has 0 atom stereocenters. The first-order valence-electron chi connectivity index (χ1n) is 8.34. The van der Waals surface area contributed by atoms with Gasteiger partial charge < -0.3 is 14.4 Å². The van der Waals surface area contributed by atoms with Gasteiger partial charge in [-0.3, -0.25) is 0 Å². The number of anilines is 1. The van der Waals surface area contributed by atoms with Crippen LogP contribution in [-0.2, 0) is 17.7 Å². The van der Waals surface area contributed by atoms with Crippen molar-refractivity contribution in [2.75, 3.05) is 24.7 Å². The lowest BCUT2D eigenvalue weighted by Crippen LogP contribution is -2.32. The lowest BCUT2D eigenvalue weighted by molar-refractivity contribution is 0.0526. The Morgan fingerprint density at radius 2 is 2.08 bits per heavy atom. The molecule has 5 heteroatoms. The SMILES string of the molecule is CCOC(=O)c1cccnc1N1CCc2ccc(OCC)cc2C1. The van der Waals surface area contributed by atoms with Crippen LogP contribution < -0.4 is 9.64 Å². The summed E-state index contributed by atoms with van der Waals surface area (Å²) in [4.78, 5) is 18.7. The standard InChI is InChI=1S/C19H22N2O3/c1-3-23-16-8-7-14-9-11-21(13-15(14)12-16)18-17(6-5-10-20-18)19(22)24-4-2/h5-8,10,12H,3-4,9,11,13H2,1-2H3. The van der Waals surface area contributed by atoms with Gasteiger partial charge in [0.1, 0.15) is 17.1 Å². The molecule has 0 spiro atoms. The molecule has 0 N–H and O–H groups in total. The lowest BCUT2D eigenvalue weighted by Gasteiger charge is -2.31. The van der Waals surface area contributed by atoms with Crippen molar-refractivity contribution in [3.63, 3.8) is 0 Å². The summed E-state index contributed by atoms with van der Waals surface area (Å²) in [6.45, 7) is 6.32. The summed E-state index contributed by atoms with van der Waals surface area (Å²) in [7, 11) is 0. The van der Waals surface area contributed by atoms with Crippen LogP contribution in [0, 0.1) is 0 Å². The quantitative estimate of drug-likeness (QED) is 0.790. The van der Waals surface area contributed by atoms with Crippen LogP contribution >= 0.6 is 0 Å². The smallest absolute Gasteiger partial charge is 0.341 e. The highest BCUT2D eigenvalue weighted by atomic mass is 16.5. The van der Waals surface area contributed by atoms with Crippen molar-refractivity contribution in [2.45, 2.75) is 26.8 Å². The van der Waals surface area contributed by atoms with E-state index in [-0.39, 0.29) is 5.97 Å².